The van der Waals surface area contributed by atoms with Crippen LogP contribution in [0.2, 0.25) is 0 Å². The van der Waals surface area contributed by atoms with Gasteiger partial charge >= 0.3 is 47.8 Å². The van der Waals surface area contributed by atoms with Crippen LogP contribution in [0.25, 0.3) is 0 Å². The number of esters is 8. The summed E-state index contributed by atoms with van der Waals surface area (Å²) in [6.45, 7) is 36.5. The largest absolute Gasteiger partial charge is 0.496 e. The lowest BCUT2D eigenvalue weighted by Gasteiger charge is -2.10. The van der Waals surface area contributed by atoms with Crippen molar-refractivity contribution in [3.05, 3.63) is 316 Å². The highest BCUT2D eigenvalue weighted by atomic mass is 32.2. The number of methoxy groups -OCH3 is 8. The van der Waals surface area contributed by atoms with Crippen LogP contribution < -0.4 is 47.4 Å². The molecule has 0 aliphatic carbocycles. The van der Waals surface area contributed by atoms with Crippen molar-refractivity contribution in [3.8, 4) is 57.5 Å². The van der Waals surface area contributed by atoms with Crippen molar-refractivity contribution < 1.29 is 124 Å². The zero-order valence-electron chi connectivity index (χ0n) is 73.8. The Morgan fingerprint density at radius 2 is 0.484 bits per heavy atom. The molecule has 0 unspecified atom stereocenters. The van der Waals surface area contributed by atoms with Gasteiger partial charge in [-0.2, -0.15) is 0 Å². The SMILES string of the molecule is C=C(C)C(=O)OCCOc1ccccc1OC.C=C(C)C(=O)OCCSc1ccccc1OC.C=C(C)C(=O)OCCc1ccccc1OC.C=C(C)C(=O)OCc1ccccc1OC.C=CC(=O)OCCOc1ccccc1OC.C=CC(=O)OCCSc1ccccc1OC.C=CC(=O)OCCc1ccccc1OC.C=CC(=O)OCc1ccccc1OC. The topological polar surface area (TPSA) is 303 Å². The average Bonchev–Trinajstić information content (AvgIpc) is 0.964. The van der Waals surface area contributed by atoms with E-state index in [9.17, 15) is 38.4 Å². The van der Waals surface area contributed by atoms with Gasteiger partial charge in [0, 0.05) is 91.9 Å². The second-order valence-corrected chi connectivity index (χ2v) is 27.1. The zero-order valence-corrected chi connectivity index (χ0v) is 75.4. The van der Waals surface area contributed by atoms with E-state index in [1.165, 1.54) is 0 Å². The van der Waals surface area contributed by atoms with Crippen molar-refractivity contribution in [1.29, 1.82) is 0 Å². The molecule has 676 valence electrons. The molecule has 0 bridgehead atoms. The van der Waals surface area contributed by atoms with Gasteiger partial charge in [0.05, 0.1) is 70.1 Å². The Morgan fingerprint density at radius 1 is 0.254 bits per heavy atom. The van der Waals surface area contributed by atoms with E-state index >= 15 is 0 Å². The minimum Gasteiger partial charge on any atom is -0.496 e. The summed E-state index contributed by atoms with van der Waals surface area (Å²) < 4.78 is 91.3. The van der Waals surface area contributed by atoms with Crippen LogP contribution in [-0.4, -0.2) is 169 Å². The number of rotatable bonds is 42. The maximum absolute atomic E-state index is 11.2. The van der Waals surface area contributed by atoms with Gasteiger partial charge < -0.3 is 85.3 Å². The van der Waals surface area contributed by atoms with Gasteiger partial charge in [-0.05, 0) is 112 Å². The minimum absolute atomic E-state index is 0.183. The molecule has 28 heteroatoms. The highest BCUT2D eigenvalue weighted by molar-refractivity contribution is 7.99. The summed E-state index contributed by atoms with van der Waals surface area (Å²) in [7, 11) is 12.8. The first-order chi connectivity index (χ1) is 60.7. The molecular formula is C98H116O26S2. The molecule has 0 aromatic heterocycles. The molecule has 0 fully saturated rings. The molecule has 8 rings (SSSR count). The first-order valence-corrected chi connectivity index (χ1v) is 40.7. The highest BCUT2D eigenvalue weighted by Gasteiger charge is 2.13. The standard InChI is InChI=1S/C13H16O4.C13H16O3S.C13H16O3.C12H14O4.C12H14O3S.2C12H14O3.C11H12O3/c1-10(2)13(14)17-9-8-16-12-7-5-4-6-11(12)15-3;1-10(2)13(14)16-8-9-17-12-7-5-4-6-11(12)15-3;1-10(2)13(14)16-9-8-11-6-4-5-7-12(11)15-3;1-3-12(13)16-9-8-15-11-7-5-4-6-10(11)14-2;1-3-12(13)15-8-9-16-11-7-5-4-6-10(11)14-2;1-9(2)12(13)15-8-10-6-4-5-7-11(10)14-3;1-3-12(13)15-9-8-10-6-4-5-7-11(10)14-2;1-3-11(12)14-8-9-6-4-5-7-10(9)13-2/h2*4-7H,1,8-9H2,2-3H3;4-7H,1,8-9H2,2-3H3;2*3-7H,1,8-9H2,2H3;4-7H,1,8H2,2-3H3;3-7H,1,8-9H2,2H3;3-7H,1,8H2,2H3. The van der Waals surface area contributed by atoms with Crippen LogP contribution in [0.4, 0.5) is 0 Å². The quantitative estimate of drug-likeness (QED) is 0.0113. The number of carbonyl (C=O) groups excluding carboxylic acids is 8. The van der Waals surface area contributed by atoms with E-state index in [4.69, 9.17) is 85.3 Å². The summed E-state index contributed by atoms with van der Waals surface area (Å²) in [6, 6.07) is 60.2. The van der Waals surface area contributed by atoms with E-state index in [2.05, 4.69) is 52.6 Å². The monoisotopic (exact) mass is 1770 g/mol. The smallest absolute Gasteiger partial charge is 0.333 e. The maximum atomic E-state index is 11.2. The fourth-order valence-electron chi connectivity index (χ4n) is 9.11. The van der Waals surface area contributed by atoms with Crippen molar-refractivity contribution >= 4 is 71.3 Å². The summed E-state index contributed by atoms with van der Waals surface area (Å²) in [4.78, 5) is 89.7. The van der Waals surface area contributed by atoms with E-state index in [0.717, 1.165) is 79.3 Å². The van der Waals surface area contributed by atoms with Crippen molar-refractivity contribution in [2.75, 3.05) is 121 Å². The molecule has 0 atom stereocenters. The van der Waals surface area contributed by atoms with Gasteiger partial charge in [-0.3, -0.25) is 0 Å². The summed E-state index contributed by atoms with van der Waals surface area (Å²) in [5.74, 6) is 5.50. The van der Waals surface area contributed by atoms with Crippen molar-refractivity contribution in [2.24, 2.45) is 0 Å². The number of para-hydroxylation sites is 10. The maximum Gasteiger partial charge on any atom is 0.333 e. The molecular weight excluding hydrogens is 1660 g/mol. The Labute approximate surface area is 748 Å². The average molecular weight is 1770 g/mol. The van der Waals surface area contributed by atoms with E-state index in [0.29, 0.717) is 108 Å². The molecule has 0 saturated heterocycles. The summed E-state index contributed by atoms with van der Waals surface area (Å²) in [5.41, 5.74) is 5.34. The van der Waals surface area contributed by atoms with E-state index in [1.807, 2.05) is 170 Å². The zero-order chi connectivity index (χ0) is 93.7. The molecule has 0 aliphatic rings. The van der Waals surface area contributed by atoms with Gasteiger partial charge in [0.1, 0.15) is 87.4 Å². The second-order valence-electron chi connectivity index (χ2n) is 24.8. The molecule has 26 nitrogen and oxygen atoms in total. The van der Waals surface area contributed by atoms with Gasteiger partial charge in [0.25, 0.3) is 0 Å². The van der Waals surface area contributed by atoms with Crippen LogP contribution >= 0.6 is 23.5 Å². The number of benzene rings is 8. The number of ether oxygens (including phenoxy) is 18. The molecule has 0 radical (unpaired) electrons. The lowest BCUT2D eigenvalue weighted by atomic mass is 10.1. The first kappa shape index (κ1) is 110. The van der Waals surface area contributed by atoms with Crippen molar-refractivity contribution in [3.63, 3.8) is 0 Å². The fraction of sp³-hybridized carbons (Fsp3) is 0.265. The molecule has 0 heterocycles. The molecule has 0 amide bonds. The van der Waals surface area contributed by atoms with Crippen LogP contribution in [0.3, 0.4) is 0 Å². The van der Waals surface area contributed by atoms with Crippen LogP contribution in [0.15, 0.2) is 303 Å². The van der Waals surface area contributed by atoms with Gasteiger partial charge in [-0.25, -0.2) is 38.4 Å². The summed E-state index contributed by atoms with van der Waals surface area (Å²) in [6.07, 6.45) is 5.85. The lowest BCUT2D eigenvalue weighted by Crippen LogP contribution is -2.12. The Hall–Kier alpha value is -13.9. The summed E-state index contributed by atoms with van der Waals surface area (Å²) in [5, 5.41) is 0. The van der Waals surface area contributed by atoms with Gasteiger partial charge in [0.15, 0.2) is 23.0 Å². The van der Waals surface area contributed by atoms with Gasteiger partial charge in [0.2, 0.25) is 0 Å². The third kappa shape index (κ3) is 48.7. The van der Waals surface area contributed by atoms with Crippen LogP contribution in [0.5, 0.6) is 57.5 Å². The highest BCUT2D eigenvalue weighted by Crippen LogP contribution is 2.31. The molecule has 0 N–H and O–H groups in total. The Kier molecular flexibility index (Phi) is 60.0. The van der Waals surface area contributed by atoms with E-state index in [-0.39, 0.29) is 63.5 Å². The number of hydrogen-bond donors (Lipinski definition) is 0. The normalized spacial score (nSPS) is 9.49. The van der Waals surface area contributed by atoms with Crippen LogP contribution in [-0.2, 0) is 102 Å². The molecule has 8 aromatic carbocycles. The second kappa shape index (κ2) is 68.6. The third-order valence-electron chi connectivity index (χ3n) is 15.4. The molecule has 0 saturated carbocycles. The Morgan fingerprint density at radius 3 is 0.825 bits per heavy atom. The van der Waals surface area contributed by atoms with Crippen molar-refractivity contribution in [1.82, 2.24) is 0 Å². The molecule has 0 spiro atoms. The number of hydrogen-bond acceptors (Lipinski definition) is 28. The van der Waals surface area contributed by atoms with Gasteiger partial charge in [-0.15, -0.1) is 23.5 Å². The lowest BCUT2D eigenvalue weighted by molar-refractivity contribution is -0.140. The predicted molar refractivity (Wildman–Crippen MR) is 489 cm³/mol. The Balaban J connectivity index is 0.000000720. The summed E-state index contributed by atoms with van der Waals surface area (Å²) >= 11 is 3.18. The van der Waals surface area contributed by atoms with Crippen molar-refractivity contribution in [2.45, 2.75) is 63.5 Å². The van der Waals surface area contributed by atoms with Gasteiger partial charge in [-0.1, -0.05) is 174 Å². The van der Waals surface area contributed by atoms with Crippen LogP contribution in [0.1, 0.15) is 49.9 Å². The first-order valence-electron chi connectivity index (χ1n) is 38.7. The third-order valence-corrected chi connectivity index (χ3v) is 17.4. The molecule has 0 aliphatic heterocycles. The van der Waals surface area contributed by atoms with E-state index in [1.54, 1.807) is 132 Å². The van der Waals surface area contributed by atoms with Crippen LogP contribution in [0, 0.1) is 0 Å². The minimum atomic E-state index is -0.455. The van der Waals surface area contributed by atoms with E-state index < -0.39 is 23.9 Å². The predicted octanol–water partition coefficient (Wildman–Crippen LogP) is 18.0. The molecule has 126 heavy (non-hydrogen) atoms. The fourth-order valence-corrected chi connectivity index (χ4v) is 10.8. The number of carbonyl (C=O) groups is 8. The molecule has 8 aromatic rings. The Bertz CT molecular complexity index is 4550. The number of thioether (sulfide) groups is 2.